The van der Waals surface area contributed by atoms with Crippen LogP contribution in [0.25, 0.3) is 0 Å². The van der Waals surface area contributed by atoms with Crippen LogP contribution in [-0.2, 0) is 16.1 Å². The second-order valence-electron chi connectivity index (χ2n) is 5.87. The summed E-state index contributed by atoms with van der Waals surface area (Å²) in [5.74, 6) is 0.186. The van der Waals surface area contributed by atoms with E-state index in [0.29, 0.717) is 34.6 Å². The van der Waals surface area contributed by atoms with Gasteiger partial charge in [-0.1, -0.05) is 29.3 Å². The molecule has 2 aromatic rings. The van der Waals surface area contributed by atoms with E-state index in [9.17, 15) is 9.59 Å². The molecule has 5 nitrogen and oxygen atoms in total. The van der Waals surface area contributed by atoms with Gasteiger partial charge < -0.3 is 10.1 Å². The molecule has 0 bridgehead atoms. The average Bonchev–Trinajstić information content (AvgIpc) is 2.89. The van der Waals surface area contributed by atoms with E-state index in [0.717, 1.165) is 5.56 Å². The monoisotopic (exact) mass is 392 g/mol. The molecule has 1 aliphatic heterocycles. The normalized spacial score (nSPS) is 17.0. The molecule has 7 heteroatoms. The first kappa shape index (κ1) is 18.7. The van der Waals surface area contributed by atoms with Gasteiger partial charge in [0.05, 0.1) is 24.8 Å². The maximum absolute atomic E-state index is 12.6. The van der Waals surface area contributed by atoms with Gasteiger partial charge in [-0.05, 0) is 48.9 Å². The van der Waals surface area contributed by atoms with Gasteiger partial charge in [0.1, 0.15) is 5.75 Å². The summed E-state index contributed by atoms with van der Waals surface area (Å²) >= 11 is 12.0. The number of halogens is 2. The van der Waals surface area contributed by atoms with Crippen LogP contribution in [0.2, 0.25) is 10.0 Å². The quantitative estimate of drug-likeness (QED) is 0.759. The molecule has 1 aliphatic rings. The van der Waals surface area contributed by atoms with Gasteiger partial charge in [0.2, 0.25) is 5.91 Å². The number of anilines is 1. The lowest BCUT2D eigenvalue weighted by Gasteiger charge is -2.16. The topological polar surface area (TPSA) is 58.6 Å². The average molecular weight is 393 g/mol. The predicted molar refractivity (Wildman–Crippen MR) is 102 cm³/mol. The number of nitrogens with one attached hydrogen (secondary N) is 1. The summed E-state index contributed by atoms with van der Waals surface area (Å²) in [7, 11) is 0. The minimum Gasteiger partial charge on any atom is -0.494 e. The molecule has 0 saturated carbocycles. The number of amides is 2. The third kappa shape index (κ3) is 4.01. The fourth-order valence-electron chi connectivity index (χ4n) is 2.82. The highest BCUT2D eigenvalue weighted by Gasteiger charge is 2.39. The Morgan fingerprint density at radius 3 is 2.54 bits per heavy atom. The Morgan fingerprint density at radius 1 is 1.15 bits per heavy atom. The molecule has 2 aromatic carbocycles. The first-order valence-electron chi connectivity index (χ1n) is 8.26. The molecule has 1 heterocycles. The molecular weight excluding hydrogens is 375 g/mol. The summed E-state index contributed by atoms with van der Waals surface area (Å²) in [6.07, 6.45) is 0.108. The highest BCUT2D eigenvalue weighted by Crippen LogP contribution is 2.26. The van der Waals surface area contributed by atoms with Gasteiger partial charge in [-0.3, -0.25) is 9.59 Å². The number of ether oxygens (including phenoxy) is 1. The summed E-state index contributed by atoms with van der Waals surface area (Å²) in [4.78, 5) is 26.2. The van der Waals surface area contributed by atoms with Crippen molar-refractivity contribution in [2.75, 3.05) is 11.5 Å². The summed E-state index contributed by atoms with van der Waals surface area (Å²) in [6.45, 7) is 2.82. The van der Waals surface area contributed by atoms with Crippen molar-refractivity contribution in [3.63, 3.8) is 0 Å². The van der Waals surface area contributed by atoms with Crippen molar-refractivity contribution in [3.8, 4) is 5.75 Å². The van der Waals surface area contributed by atoms with Crippen LogP contribution >= 0.6 is 23.2 Å². The Bertz CT molecular complexity index is 824. The van der Waals surface area contributed by atoms with Crippen molar-refractivity contribution < 1.29 is 14.3 Å². The van der Waals surface area contributed by atoms with Gasteiger partial charge in [-0.25, -0.2) is 4.90 Å². The molecule has 0 aliphatic carbocycles. The maximum Gasteiger partial charge on any atom is 0.251 e. The van der Waals surface area contributed by atoms with Gasteiger partial charge in [0.25, 0.3) is 5.91 Å². The lowest BCUT2D eigenvalue weighted by Crippen LogP contribution is -2.38. The second-order valence-corrected chi connectivity index (χ2v) is 6.71. The van der Waals surface area contributed by atoms with Gasteiger partial charge in [-0.15, -0.1) is 0 Å². The zero-order valence-electron chi connectivity index (χ0n) is 14.2. The number of hydrogen-bond donors (Lipinski definition) is 1. The van der Waals surface area contributed by atoms with E-state index in [1.165, 1.54) is 4.90 Å². The fraction of sp³-hybridized carbons (Fsp3) is 0.263. The van der Waals surface area contributed by atoms with Gasteiger partial charge >= 0.3 is 0 Å². The first-order chi connectivity index (χ1) is 12.5. The molecule has 1 saturated heterocycles. The van der Waals surface area contributed by atoms with Gasteiger partial charge in [0.15, 0.2) is 0 Å². The molecule has 26 heavy (non-hydrogen) atoms. The van der Waals surface area contributed by atoms with E-state index in [4.69, 9.17) is 27.9 Å². The lowest BCUT2D eigenvalue weighted by atomic mass is 10.2. The summed E-state index contributed by atoms with van der Waals surface area (Å²) in [6, 6.07) is 11.5. The van der Waals surface area contributed by atoms with Crippen molar-refractivity contribution in [1.29, 1.82) is 0 Å². The zero-order chi connectivity index (χ0) is 18.7. The zero-order valence-corrected chi connectivity index (χ0v) is 15.7. The summed E-state index contributed by atoms with van der Waals surface area (Å²) in [5.41, 5.74) is 1.35. The van der Waals surface area contributed by atoms with Crippen LogP contribution in [0, 0.1) is 0 Å². The molecule has 136 valence electrons. The smallest absolute Gasteiger partial charge is 0.251 e. The largest absolute Gasteiger partial charge is 0.494 e. The van der Waals surface area contributed by atoms with Crippen molar-refractivity contribution >= 4 is 40.7 Å². The number of carbonyl (C=O) groups is 2. The molecule has 0 aromatic heterocycles. The van der Waals surface area contributed by atoms with E-state index in [1.807, 2.05) is 6.92 Å². The van der Waals surface area contributed by atoms with Gasteiger partial charge in [-0.2, -0.15) is 0 Å². The van der Waals surface area contributed by atoms with Crippen molar-refractivity contribution in [3.05, 3.63) is 58.1 Å². The van der Waals surface area contributed by atoms with E-state index >= 15 is 0 Å². The molecule has 1 atom stereocenters. The Balaban J connectivity index is 1.68. The van der Waals surface area contributed by atoms with Crippen LogP contribution in [0.5, 0.6) is 5.75 Å². The maximum atomic E-state index is 12.6. The van der Waals surface area contributed by atoms with Crippen LogP contribution in [0.4, 0.5) is 5.69 Å². The van der Waals surface area contributed by atoms with Gasteiger partial charge in [0, 0.05) is 16.6 Å². The Kier molecular flexibility index (Phi) is 5.81. The van der Waals surface area contributed by atoms with Crippen LogP contribution in [0.15, 0.2) is 42.5 Å². The van der Waals surface area contributed by atoms with E-state index in [-0.39, 0.29) is 18.2 Å². The molecular formula is C19H18Cl2N2O3. The number of rotatable bonds is 6. The van der Waals surface area contributed by atoms with Crippen molar-refractivity contribution in [2.24, 2.45) is 0 Å². The minimum atomic E-state index is -0.583. The van der Waals surface area contributed by atoms with Crippen LogP contribution in [-0.4, -0.2) is 24.5 Å². The highest BCUT2D eigenvalue weighted by atomic mass is 35.5. The lowest BCUT2D eigenvalue weighted by molar-refractivity contribution is -0.121. The van der Waals surface area contributed by atoms with Crippen LogP contribution in [0.3, 0.4) is 0 Å². The SMILES string of the molecule is CCOc1ccc(N2C(=O)C[C@@H](NCc3ccc(Cl)cc3Cl)C2=O)cc1. The van der Waals surface area contributed by atoms with E-state index in [2.05, 4.69) is 5.32 Å². The highest BCUT2D eigenvalue weighted by molar-refractivity contribution is 6.35. The number of hydrogen-bond acceptors (Lipinski definition) is 4. The third-order valence-electron chi connectivity index (χ3n) is 4.11. The van der Waals surface area contributed by atoms with Crippen molar-refractivity contribution in [1.82, 2.24) is 5.32 Å². The summed E-state index contributed by atoms with van der Waals surface area (Å²) < 4.78 is 5.38. The third-order valence-corrected chi connectivity index (χ3v) is 4.69. The molecule has 1 N–H and O–H groups in total. The summed E-state index contributed by atoms with van der Waals surface area (Å²) in [5, 5.41) is 4.17. The van der Waals surface area contributed by atoms with Crippen molar-refractivity contribution in [2.45, 2.75) is 25.9 Å². The minimum absolute atomic E-state index is 0.108. The molecule has 1 fully saturated rings. The number of carbonyl (C=O) groups excluding carboxylic acids is 2. The van der Waals surface area contributed by atoms with Crippen LogP contribution < -0.4 is 15.0 Å². The molecule has 0 unspecified atom stereocenters. The fourth-order valence-corrected chi connectivity index (χ4v) is 3.29. The number of imide groups is 1. The Labute approximate surface area is 161 Å². The molecule has 3 rings (SSSR count). The van der Waals surface area contributed by atoms with E-state index in [1.54, 1.807) is 42.5 Å². The Hall–Kier alpha value is -2.08. The standard InChI is InChI=1S/C19H18Cl2N2O3/c1-2-26-15-7-5-14(6-8-15)23-18(24)10-17(19(23)25)22-11-12-3-4-13(20)9-16(12)21/h3-9,17,22H,2,10-11H2,1H3/t17-/m1/s1. The second kappa shape index (κ2) is 8.08. The number of benzene rings is 2. The predicted octanol–water partition coefficient (Wildman–Crippen LogP) is 3.81. The molecule has 2 amide bonds. The number of nitrogens with zero attached hydrogens (tertiary/aromatic N) is 1. The van der Waals surface area contributed by atoms with E-state index < -0.39 is 6.04 Å². The molecule has 0 spiro atoms. The molecule has 0 radical (unpaired) electrons. The first-order valence-corrected chi connectivity index (χ1v) is 9.02. The Morgan fingerprint density at radius 2 is 1.88 bits per heavy atom. The van der Waals surface area contributed by atoms with Crippen LogP contribution in [0.1, 0.15) is 18.9 Å².